The molecule has 2 aliphatic rings. The van der Waals surface area contributed by atoms with Crippen LogP contribution < -0.4 is 25.0 Å². The SMILES string of the molecule is COc1ccc(CNC(=O)c2ccc3c(c2)NC(=O)C2CCCCN32)c(OC)c1. The van der Waals surface area contributed by atoms with Gasteiger partial charge in [0.1, 0.15) is 17.5 Å². The van der Waals surface area contributed by atoms with E-state index in [0.29, 0.717) is 29.3 Å². The molecule has 1 atom stereocenters. The number of amides is 2. The molecule has 0 saturated carbocycles. The highest BCUT2D eigenvalue weighted by molar-refractivity contribution is 6.05. The lowest BCUT2D eigenvalue weighted by molar-refractivity contribution is -0.118. The molecule has 2 aliphatic heterocycles. The second-order valence-electron chi connectivity index (χ2n) is 7.29. The number of piperidine rings is 1. The predicted octanol–water partition coefficient (Wildman–Crippen LogP) is 2.94. The van der Waals surface area contributed by atoms with Crippen LogP contribution in [0.3, 0.4) is 0 Å². The standard InChI is InChI=1S/C22H25N3O4/c1-28-16-8-6-15(20(12-16)29-2)13-23-21(26)14-7-9-18-17(11-14)24-22(27)19-5-3-4-10-25(18)19/h6-9,11-12,19H,3-5,10,13H2,1-2H3,(H,23,26)(H,24,27). The van der Waals surface area contributed by atoms with Crippen molar-refractivity contribution in [1.29, 1.82) is 0 Å². The molecule has 0 aromatic heterocycles. The van der Waals surface area contributed by atoms with Crippen LogP contribution in [0.1, 0.15) is 35.2 Å². The van der Waals surface area contributed by atoms with E-state index in [1.54, 1.807) is 26.4 Å². The Bertz CT molecular complexity index is 944. The molecule has 1 saturated heterocycles. The third kappa shape index (κ3) is 3.72. The maximum absolute atomic E-state index is 12.7. The van der Waals surface area contributed by atoms with Crippen LogP contribution in [0.5, 0.6) is 11.5 Å². The van der Waals surface area contributed by atoms with E-state index in [4.69, 9.17) is 9.47 Å². The van der Waals surface area contributed by atoms with E-state index < -0.39 is 0 Å². The fourth-order valence-electron chi connectivity index (χ4n) is 4.01. The Morgan fingerprint density at radius 3 is 2.83 bits per heavy atom. The molecular weight excluding hydrogens is 370 g/mol. The largest absolute Gasteiger partial charge is 0.497 e. The molecule has 29 heavy (non-hydrogen) atoms. The summed E-state index contributed by atoms with van der Waals surface area (Å²) in [5.41, 5.74) is 3.04. The molecule has 152 valence electrons. The summed E-state index contributed by atoms with van der Waals surface area (Å²) in [5, 5.41) is 5.88. The first-order valence-electron chi connectivity index (χ1n) is 9.81. The number of hydrogen-bond donors (Lipinski definition) is 2. The zero-order chi connectivity index (χ0) is 20.4. The van der Waals surface area contributed by atoms with Crippen LogP contribution in [-0.2, 0) is 11.3 Å². The Morgan fingerprint density at radius 1 is 1.17 bits per heavy atom. The summed E-state index contributed by atoms with van der Waals surface area (Å²) in [6.07, 6.45) is 3.02. The highest BCUT2D eigenvalue weighted by Crippen LogP contribution is 2.36. The summed E-state index contributed by atoms with van der Waals surface area (Å²) in [6, 6.07) is 10.9. The van der Waals surface area contributed by atoms with Crippen molar-refractivity contribution in [3.8, 4) is 11.5 Å². The van der Waals surface area contributed by atoms with E-state index in [9.17, 15) is 9.59 Å². The summed E-state index contributed by atoms with van der Waals surface area (Å²) >= 11 is 0. The monoisotopic (exact) mass is 395 g/mol. The zero-order valence-electron chi connectivity index (χ0n) is 16.7. The van der Waals surface area contributed by atoms with Gasteiger partial charge in [0.25, 0.3) is 5.91 Å². The Hall–Kier alpha value is -3.22. The van der Waals surface area contributed by atoms with Gasteiger partial charge in [0, 0.05) is 30.3 Å². The minimum Gasteiger partial charge on any atom is -0.497 e. The number of anilines is 2. The Labute approximate surface area is 170 Å². The molecule has 2 amide bonds. The molecule has 0 aliphatic carbocycles. The van der Waals surface area contributed by atoms with Gasteiger partial charge in [-0.3, -0.25) is 9.59 Å². The van der Waals surface area contributed by atoms with E-state index in [1.807, 2.05) is 24.3 Å². The summed E-state index contributed by atoms with van der Waals surface area (Å²) in [5.74, 6) is 1.15. The van der Waals surface area contributed by atoms with Gasteiger partial charge in [0.15, 0.2) is 0 Å². The molecule has 0 radical (unpaired) electrons. The highest BCUT2D eigenvalue weighted by Gasteiger charge is 2.34. The molecule has 0 bridgehead atoms. The van der Waals surface area contributed by atoms with Crippen molar-refractivity contribution in [2.24, 2.45) is 0 Å². The topological polar surface area (TPSA) is 79.9 Å². The van der Waals surface area contributed by atoms with E-state index in [1.165, 1.54) is 0 Å². The number of nitrogens with one attached hydrogen (secondary N) is 2. The molecule has 2 heterocycles. The Morgan fingerprint density at radius 2 is 2.03 bits per heavy atom. The van der Waals surface area contributed by atoms with Gasteiger partial charge in [-0.1, -0.05) is 0 Å². The lowest BCUT2D eigenvalue weighted by Gasteiger charge is -2.41. The van der Waals surface area contributed by atoms with Crippen molar-refractivity contribution in [2.45, 2.75) is 31.8 Å². The fourth-order valence-corrected chi connectivity index (χ4v) is 4.01. The zero-order valence-corrected chi connectivity index (χ0v) is 16.7. The number of nitrogens with zero attached hydrogens (tertiary/aromatic N) is 1. The van der Waals surface area contributed by atoms with E-state index in [2.05, 4.69) is 15.5 Å². The van der Waals surface area contributed by atoms with E-state index in [-0.39, 0.29) is 17.9 Å². The molecule has 7 heteroatoms. The second kappa shape index (κ2) is 8.03. The van der Waals surface area contributed by atoms with E-state index >= 15 is 0 Å². The second-order valence-corrected chi connectivity index (χ2v) is 7.29. The smallest absolute Gasteiger partial charge is 0.251 e. The van der Waals surface area contributed by atoms with Gasteiger partial charge in [0.2, 0.25) is 5.91 Å². The molecular formula is C22H25N3O4. The first-order valence-corrected chi connectivity index (χ1v) is 9.81. The molecule has 2 aromatic carbocycles. The van der Waals surface area contributed by atoms with Crippen molar-refractivity contribution in [3.05, 3.63) is 47.5 Å². The molecule has 0 spiro atoms. The summed E-state index contributed by atoms with van der Waals surface area (Å²) in [7, 11) is 3.18. The number of ether oxygens (including phenoxy) is 2. The average Bonchev–Trinajstić information content (AvgIpc) is 2.77. The molecule has 2 aromatic rings. The molecule has 1 fully saturated rings. The Kier molecular flexibility index (Phi) is 5.29. The number of methoxy groups -OCH3 is 2. The normalized spacial score (nSPS) is 17.7. The van der Waals surface area contributed by atoms with Crippen LogP contribution in [0, 0.1) is 0 Å². The predicted molar refractivity (Wildman–Crippen MR) is 111 cm³/mol. The van der Waals surface area contributed by atoms with Crippen LogP contribution >= 0.6 is 0 Å². The van der Waals surface area contributed by atoms with Crippen molar-refractivity contribution in [2.75, 3.05) is 31.0 Å². The van der Waals surface area contributed by atoms with Gasteiger partial charge in [-0.05, 0) is 49.6 Å². The van der Waals surface area contributed by atoms with Gasteiger partial charge < -0.3 is 25.0 Å². The average molecular weight is 395 g/mol. The molecule has 2 N–H and O–H groups in total. The summed E-state index contributed by atoms with van der Waals surface area (Å²) < 4.78 is 10.6. The third-order valence-corrected chi connectivity index (χ3v) is 5.57. The molecule has 4 rings (SSSR count). The van der Waals surface area contributed by atoms with Gasteiger partial charge in [-0.2, -0.15) is 0 Å². The van der Waals surface area contributed by atoms with Crippen LogP contribution in [0.15, 0.2) is 36.4 Å². The minimum atomic E-state index is -0.208. The minimum absolute atomic E-state index is 0.0118. The van der Waals surface area contributed by atoms with Crippen molar-refractivity contribution < 1.29 is 19.1 Å². The fraction of sp³-hybridized carbons (Fsp3) is 0.364. The Balaban J connectivity index is 1.49. The lowest BCUT2D eigenvalue weighted by atomic mass is 9.97. The number of rotatable bonds is 5. The van der Waals surface area contributed by atoms with Crippen molar-refractivity contribution >= 4 is 23.2 Å². The number of carbonyl (C=O) groups excluding carboxylic acids is 2. The van der Waals surface area contributed by atoms with Crippen molar-refractivity contribution in [1.82, 2.24) is 5.32 Å². The third-order valence-electron chi connectivity index (χ3n) is 5.57. The van der Waals surface area contributed by atoms with Gasteiger partial charge in [-0.25, -0.2) is 0 Å². The molecule has 1 unspecified atom stereocenters. The maximum Gasteiger partial charge on any atom is 0.251 e. The van der Waals surface area contributed by atoms with Crippen LogP contribution in [0.4, 0.5) is 11.4 Å². The van der Waals surface area contributed by atoms with Gasteiger partial charge in [-0.15, -0.1) is 0 Å². The highest BCUT2D eigenvalue weighted by atomic mass is 16.5. The van der Waals surface area contributed by atoms with Crippen molar-refractivity contribution in [3.63, 3.8) is 0 Å². The van der Waals surface area contributed by atoms with E-state index in [0.717, 1.165) is 37.1 Å². The maximum atomic E-state index is 12.7. The first-order chi connectivity index (χ1) is 14.1. The summed E-state index contributed by atoms with van der Waals surface area (Å²) in [4.78, 5) is 27.3. The number of fused-ring (bicyclic) bond motifs is 3. The number of benzene rings is 2. The van der Waals surface area contributed by atoms with Crippen LogP contribution in [0.2, 0.25) is 0 Å². The quantitative estimate of drug-likeness (QED) is 0.814. The van der Waals surface area contributed by atoms with Crippen LogP contribution in [0.25, 0.3) is 0 Å². The van der Waals surface area contributed by atoms with Gasteiger partial charge in [0.05, 0.1) is 25.6 Å². The lowest BCUT2D eigenvalue weighted by Crippen LogP contribution is -2.50. The van der Waals surface area contributed by atoms with Gasteiger partial charge >= 0.3 is 0 Å². The van der Waals surface area contributed by atoms with Crippen LogP contribution in [-0.4, -0.2) is 38.6 Å². The summed E-state index contributed by atoms with van der Waals surface area (Å²) in [6.45, 7) is 1.19. The number of hydrogen-bond acceptors (Lipinski definition) is 5. The first kappa shape index (κ1) is 19.1. The molecule has 7 nitrogen and oxygen atoms in total. The number of carbonyl (C=O) groups is 2.